The highest BCUT2D eigenvalue weighted by Gasteiger charge is 1.92. The molecule has 0 saturated carbocycles. The molecule has 12 heavy (non-hydrogen) atoms. The Morgan fingerprint density at radius 3 is 3.25 bits per heavy atom. The van der Waals surface area contributed by atoms with Crippen LogP contribution in [-0.2, 0) is 6.54 Å². The number of H-pyrrole nitrogens is 1. The molecule has 3 nitrogen and oxygen atoms in total. The molecule has 0 amide bonds. The van der Waals surface area contributed by atoms with Gasteiger partial charge in [-0.3, -0.25) is 0 Å². The number of thioether (sulfide) groups is 1. The number of rotatable bonds is 6. The van der Waals surface area contributed by atoms with Crippen LogP contribution in [0, 0.1) is 0 Å². The van der Waals surface area contributed by atoms with Crippen molar-refractivity contribution >= 4 is 11.8 Å². The molecule has 0 aromatic carbocycles. The van der Waals surface area contributed by atoms with Crippen LogP contribution in [0.25, 0.3) is 0 Å². The first-order chi connectivity index (χ1) is 5.93. The van der Waals surface area contributed by atoms with Crippen molar-refractivity contribution in [2.24, 2.45) is 0 Å². The molecule has 0 unspecified atom stereocenters. The average molecular weight is 185 g/mol. The minimum atomic E-state index is 0.849. The van der Waals surface area contributed by atoms with Crippen molar-refractivity contribution in [2.45, 2.75) is 13.0 Å². The smallest absolute Gasteiger partial charge is 0.120 e. The van der Waals surface area contributed by atoms with Gasteiger partial charge < -0.3 is 10.3 Å². The molecule has 68 valence electrons. The van der Waals surface area contributed by atoms with Gasteiger partial charge in [0.1, 0.15) is 5.82 Å². The third kappa shape index (κ3) is 3.78. The van der Waals surface area contributed by atoms with Crippen LogP contribution in [0.2, 0.25) is 0 Å². The number of imidazole rings is 1. The number of nitrogens with zero attached hydrogens (tertiary/aromatic N) is 1. The van der Waals surface area contributed by atoms with Gasteiger partial charge in [0.15, 0.2) is 0 Å². The standard InChI is InChI=1S/C8H15N3S/c1-12-6-2-3-9-7-8-10-4-5-11-8/h4-5,9H,2-3,6-7H2,1H3,(H,10,11). The number of aromatic nitrogens is 2. The zero-order chi connectivity index (χ0) is 8.65. The molecule has 2 N–H and O–H groups in total. The SMILES string of the molecule is CSCCCNCc1ncc[nH]1. The minimum Gasteiger partial charge on any atom is -0.348 e. The predicted molar refractivity (Wildman–Crippen MR) is 53.3 cm³/mol. The highest BCUT2D eigenvalue weighted by molar-refractivity contribution is 7.98. The lowest BCUT2D eigenvalue weighted by Gasteiger charge is -2.00. The van der Waals surface area contributed by atoms with E-state index in [1.807, 2.05) is 18.0 Å². The van der Waals surface area contributed by atoms with E-state index in [4.69, 9.17) is 0 Å². The lowest BCUT2D eigenvalue weighted by molar-refractivity contribution is 0.658. The van der Waals surface area contributed by atoms with Crippen molar-refractivity contribution in [3.63, 3.8) is 0 Å². The summed E-state index contributed by atoms with van der Waals surface area (Å²) < 4.78 is 0. The molecular weight excluding hydrogens is 170 g/mol. The lowest BCUT2D eigenvalue weighted by atomic mass is 10.4. The summed E-state index contributed by atoms with van der Waals surface area (Å²) in [7, 11) is 0. The molecule has 1 aromatic rings. The predicted octanol–water partition coefficient (Wildman–Crippen LogP) is 1.25. The average Bonchev–Trinajstić information content (AvgIpc) is 2.57. The van der Waals surface area contributed by atoms with Crippen LogP contribution < -0.4 is 5.32 Å². The van der Waals surface area contributed by atoms with Crippen LogP contribution in [0.5, 0.6) is 0 Å². The number of hydrogen-bond acceptors (Lipinski definition) is 3. The lowest BCUT2D eigenvalue weighted by Crippen LogP contribution is -2.16. The maximum atomic E-state index is 4.11. The maximum Gasteiger partial charge on any atom is 0.120 e. The normalized spacial score (nSPS) is 10.4. The quantitative estimate of drug-likeness (QED) is 0.655. The Morgan fingerprint density at radius 1 is 1.67 bits per heavy atom. The molecule has 0 bridgehead atoms. The minimum absolute atomic E-state index is 0.849. The largest absolute Gasteiger partial charge is 0.348 e. The highest BCUT2D eigenvalue weighted by Crippen LogP contribution is 1.94. The molecule has 0 radical (unpaired) electrons. The molecule has 0 atom stereocenters. The molecule has 0 fully saturated rings. The fraction of sp³-hybridized carbons (Fsp3) is 0.625. The number of hydrogen-bond donors (Lipinski definition) is 2. The first-order valence-corrected chi connectivity index (χ1v) is 5.51. The Morgan fingerprint density at radius 2 is 2.58 bits per heavy atom. The van der Waals surface area contributed by atoms with E-state index in [-0.39, 0.29) is 0 Å². The summed E-state index contributed by atoms with van der Waals surface area (Å²) in [5.41, 5.74) is 0. The van der Waals surface area contributed by atoms with Crippen LogP contribution in [0.1, 0.15) is 12.2 Å². The molecule has 1 heterocycles. The van der Waals surface area contributed by atoms with Crippen LogP contribution in [0.4, 0.5) is 0 Å². The van der Waals surface area contributed by atoms with Crippen LogP contribution in [0.3, 0.4) is 0 Å². The highest BCUT2D eigenvalue weighted by atomic mass is 32.2. The van der Waals surface area contributed by atoms with Gasteiger partial charge in [-0.15, -0.1) is 0 Å². The summed E-state index contributed by atoms with van der Waals surface area (Å²) in [4.78, 5) is 7.16. The summed E-state index contributed by atoms with van der Waals surface area (Å²) in [6.07, 6.45) is 6.98. The van der Waals surface area contributed by atoms with Gasteiger partial charge in [-0.05, 0) is 25.0 Å². The molecule has 1 rings (SSSR count). The van der Waals surface area contributed by atoms with E-state index in [0.29, 0.717) is 0 Å². The van der Waals surface area contributed by atoms with Gasteiger partial charge >= 0.3 is 0 Å². The monoisotopic (exact) mass is 185 g/mol. The van der Waals surface area contributed by atoms with Gasteiger partial charge in [-0.1, -0.05) is 0 Å². The number of aromatic amines is 1. The molecule has 0 aliphatic heterocycles. The van der Waals surface area contributed by atoms with E-state index < -0.39 is 0 Å². The number of nitrogens with one attached hydrogen (secondary N) is 2. The zero-order valence-electron chi connectivity index (χ0n) is 7.34. The first kappa shape index (κ1) is 9.61. The third-order valence-electron chi connectivity index (χ3n) is 1.55. The molecule has 0 aliphatic carbocycles. The van der Waals surface area contributed by atoms with Crippen molar-refractivity contribution in [3.8, 4) is 0 Å². The summed E-state index contributed by atoms with van der Waals surface area (Å²) in [6, 6.07) is 0. The summed E-state index contributed by atoms with van der Waals surface area (Å²) >= 11 is 1.89. The van der Waals surface area contributed by atoms with Gasteiger partial charge in [-0.2, -0.15) is 11.8 Å². The Hall–Kier alpha value is -0.480. The van der Waals surface area contributed by atoms with E-state index in [9.17, 15) is 0 Å². The summed E-state index contributed by atoms with van der Waals surface area (Å²) in [6.45, 7) is 1.92. The molecule has 0 aliphatic rings. The van der Waals surface area contributed by atoms with Crippen LogP contribution >= 0.6 is 11.8 Å². The fourth-order valence-electron chi connectivity index (χ4n) is 0.943. The van der Waals surface area contributed by atoms with E-state index >= 15 is 0 Å². The topological polar surface area (TPSA) is 40.7 Å². The van der Waals surface area contributed by atoms with Crippen molar-refractivity contribution in [2.75, 3.05) is 18.6 Å². The summed E-state index contributed by atoms with van der Waals surface area (Å²) in [5.74, 6) is 2.24. The second-order valence-corrected chi connectivity index (χ2v) is 3.54. The van der Waals surface area contributed by atoms with Crippen molar-refractivity contribution < 1.29 is 0 Å². The van der Waals surface area contributed by atoms with Crippen molar-refractivity contribution in [1.29, 1.82) is 0 Å². The second-order valence-electron chi connectivity index (χ2n) is 2.56. The van der Waals surface area contributed by atoms with Gasteiger partial charge in [-0.25, -0.2) is 4.98 Å². The van der Waals surface area contributed by atoms with Gasteiger partial charge in [0, 0.05) is 12.4 Å². The van der Waals surface area contributed by atoms with Crippen LogP contribution in [0.15, 0.2) is 12.4 Å². The maximum absolute atomic E-state index is 4.11. The Labute approximate surface area is 77.4 Å². The van der Waals surface area contributed by atoms with Crippen LogP contribution in [-0.4, -0.2) is 28.5 Å². The van der Waals surface area contributed by atoms with Gasteiger partial charge in [0.05, 0.1) is 6.54 Å². The molecule has 1 aromatic heterocycles. The van der Waals surface area contributed by atoms with E-state index in [1.165, 1.54) is 12.2 Å². The summed E-state index contributed by atoms with van der Waals surface area (Å²) in [5, 5.41) is 3.32. The first-order valence-electron chi connectivity index (χ1n) is 4.11. The van der Waals surface area contributed by atoms with E-state index in [1.54, 1.807) is 6.20 Å². The van der Waals surface area contributed by atoms with Gasteiger partial charge in [0.2, 0.25) is 0 Å². The third-order valence-corrected chi connectivity index (χ3v) is 2.25. The van der Waals surface area contributed by atoms with E-state index in [2.05, 4.69) is 21.5 Å². The second kappa shape index (κ2) is 6.08. The Kier molecular flexibility index (Phi) is 4.87. The van der Waals surface area contributed by atoms with Crippen molar-refractivity contribution in [1.82, 2.24) is 15.3 Å². The Balaban J connectivity index is 1.96. The van der Waals surface area contributed by atoms with Crippen molar-refractivity contribution in [3.05, 3.63) is 18.2 Å². The Bertz CT molecular complexity index is 186. The molecule has 0 spiro atoms. The fourth-order valence-corrected chi connectivity index (χ4v) is 1.38. The molecular formula is C8H15N3S. The molecule has 4 heteroatoms. The zero-order valence-corrected chi connectivity index (χ0v) is 8.16. The van der Waals surface area contributed by atoms with Gasteiger partial charge in [0.25, 0.3) is 0 Å². The van der Waals surface area contributed by atoms with E-state index in [0.717, 1.165) is 18.9 Å². The molecule has 0 saturated heterocycles.